The van der Waals surface area contributed by atoms with Crippen LogP contribution in [0.3, 0.4) is 0 Å². The van der Waals surface area contributed by atoms with E-state index >= 15 is 0 Å². The SMILES string of the molecule is COC(=O)c1c(C)ncc(I)c1C(F)F. The van der Waals surface area contributed by atoms with Gasteiger partial charge < -0.3 is 4.74 Å². The normalized spacial score (nSPS) is 10.5. The fourth-order valence-corrected chi connectivity index (χ4v) is 1.82. The van der Waals surface area contributed by atoms with Gasteiger partial charge in [0.05, 0.1) is 18.4 Å². The average molecular weight is 327 g/mol. The van der Waals surface area contributed by atoms with Crippen molar-refractivity contribution >= 4 is 28.6 Å². The summed E-state index contributed by atoms with van der Waals surface area (Å²) in [5.41, 5.74) is -0.202. The molecule has 0 radical (unpaired) electrons. The van der Waals surface area contributed by atoms with Gasteiger partial charge in [0.25, 0.3) is 6.43 Å². The molecule has 0 fully saturated rings. The third kappa shape index (κ3) is 2.42. The van der Waals surface area contributed by atoms with Crippen molar-refractivity contribution in [2.75, 3.05) is 7.11 Å². The number of methoxy groups -OCH3 is 1. The van der Waals surface area contributed by atoms with E-state index in [-0.39, 0.29) is 20.4 Å². The molecule has 0 aliphatic carbocycles. The summed E-state index contributed by atoms with van der Waals surface area (Å²) in [6, 6.07) is 0. The first kappa shape index (κ1) is 12.3. The molecule has 0 atom stereocenters. The van der Waals surface area contributed by atoms with Crippen LogP contribution >= 0.6 is 22.6 Å². The van der Waals surface area contributed by atoms with Crippen molar-refractivity contribution in [3.8, 4) is 0 Å². The summed E-state index contributed by atoms with van der Waals surface area (Å²) in [6.07, 6.45) is -1.41. The topological polar surface area (TPSA) is 39.2 Å². The summed E-state index contributed by atoms with van der Waals surface area (Å²) in [5.74, 6) is -0.784. The molecule has 0 aliphatic heterocycles. The second-order valence-corrected chi connectivity index (χ2v) is 3.93. The summed E-state index contributed by atoms with van der Waals surface area (Å²) < 4.78 is 30.2. The van der Waals surface area contributed by atoms with Crippen molar-refractivity contribution in [3.05, 3.63) is 26.6 Å². The third-order valence-corrected chi connectivity index (χ3v) is 2.73. The van der Waals surface area contributed by atoms with Crippen LogP contribution in [-0.4, -0.2) is 18.1 Å². The number of aromatic nitrogens is 1. The highest BCUT2D eigenvalue weighted by molar-refractivity contribution is 14.1. The molecule has 0 saturated carbocycles. The number of alkyl halides is 2. The summed E-state index contributed by atoms with van der Waals surface area (Å²) in [5, 5.41) is 0. The minimum Gasteiger partial charge on any atom is -0.465 e. The molecule has 0 spiro atoms. The van der Waals surface area contributed by atoms with Crippen molar-refractivity contribution in [2.24, 2.45) is 0 Å². The fraction of sp³-hybridized carbons (Fsp3) is 0.333. The fourth-order valence-electron chi connectivity index (χ4n) is 1.17. The van der Waals surface area contributed by atoms with E-state index in [0.29, 0.717) is 0 Å². The van der Waals surface area contributed by atoms with Crippen molar-refractivity contribution in [1.82, 2.24) is 4.98 Å². The molecule has 0 bridgehead atoms. The van der Waals surface area contributed by atoms with E-state index < -0.39 is 12.4 Å². The predicted octanol–water partition coefficient (Wildman–Crippen LogP) is 2.72. The van der Waals surface area contributed by atoms with Crippen LogP contribution in [0.25, 0.3) is 0 Å². The lowest BCUT2D eigenvalue weighted by Gasteiger charge is -2.10. The second kappa shape index (κ2) is 4.82. The number of esters is 1. The molecule has 0 saturated heterocycles. The molecular weight excluding hydrogens is 319 g/mol. The van der Waals surface area contributed by atoms with Crippen LogP contribution in [0.1, 0.15) is 28.0 Å². The van der Waals surface area contributed by atoms with E-state index in [9.17, 15) is 13.6 Å². The van der Waals surface area contributed by atoms with Gasteiger partial charge in [0.2, 0.25) is 0 Å². The first-order valence-corrected chi connectivity index (χ1v) is 5.08. The molecule has 0 aliphatic rings. The molecule has 0 N–H and O–H groups in total. The average Bonchev–Trinajstić information content (AvgIpc) is 2.19. The van der Waals surface area contributed by atoms with E-state index in [1.54, 1.807) is 22.6 Å². The minimum atomic E-state index is -2.72. The van der Waals surface area contributed by atoms with Crippen LogP contribution in [0.4, 0.5) is 8.78 Å². The van der Waals surface area contributed by atoms with E-state index in [4.69, 9.17) is 0 Å². The van der Waals surface area contributed by atoms with Crippen LogP contribution in [-0.2, 0) is 4.74 Å². The Morgan fingerprint density at radius 1 is 1.60 bits per heavy atom. The van der Waals surface area contributed by atoms with Crippen LogP contribution in [0.15, 0.2) is 6.20 Å². The Kier molecular flexibility index (Phi) is 3.95. The third-order valence-electron chi connectivity index (χ3n) is 1.87. The van der Waals surface area contributed by atoms with E-state index in [0.717, 1.165) is 7.11 Å². The number of carbonyl (C=O) groups excluding carboxylic acids is 1. The number of ether oxygens (including phenoxy) is 1. The molecule has 1 rings (SSSR count). The highest BCUT2D eigenvalue weighted by Gasteiger charge is 2.24. The Bertz CT molecular complexity index is 396. The zero-order valence-corrected chi connectivity index (χ0v) is 10.2. The Morgan fingerprint density at radius 3 is 2.67 bits per heavy atom. The summed E-state index contributed by atoms with van der Waals surface area (Å²) >= 11 is 1.72. The number of hydrogen-bond acceptors (Lipinski definition) is 3. The Balaban J connectivity index is 3.45. The molecular formula is C9H8F2INO2. The molecule has 3 nitrogen and oxygen atoms in total. The Hall–Kier alpha value is -0.790. The van der Waals surface area contributed by atoms with E-state index in [1.807, 2.05) is 0 Å². The molecule has 0 aromatic carbocycles. The highest BCUT2D eigenvalue weighted by atomic mass is 127. The van der Waals surface area contributed by atoms with Crippen molar-refractivity contribution in [2.45, 2.75) is 13.3 Å². The monoisotopic (exact) mass is 327 g/mol. The Morgan fingerprint density at radius 2 is 2.20 bits per heavy atom. The lowest BCUT2D eigenvalue weighted by Crippen LogP contribution is -2.11. The number of pyridine rings is 1. The van der Waals surface area contributed by atoms with Crippen LogP contribution in [0.2, 0.25) is 0 Å². The minimum absolute atomic E-state index is 0.139. The smallest absolute Gasteiger partial charge is 0.340 e. The largest absolute Gasteiger partial charge is 0.465 e. The van der Waals surface area contributed by atoms with Crippen molar-refractivity contribution < 1.29 is 18.3 Å². The zero-order chi connectivity index (χ0) is 11.6. The predicted molar refractivity (Wildman–Crippen MR) is 58.0 cm³/mol. The quantitative estimate of drug-likeness (QED) is 0.619. The maximum Gasteiger partial charge on any atom is 0.340 e. The summed E-state index contributed by atoms with van der Waals surface area (Å²) in [7, 11) is 1.15. The van der Waals surface area contributed by atoms with Gasteiger partial charge in [-0.05, 0) is 29.5 Å². The zero-order valence-electron chi connectivity index (χ0n) is 8.05. The lowest BCUT2D eigenvalue weighted by atomic mass is 10.1. The van der Waals surface area contributed by atoms with Gasteiger partial charge >= 0.3 is 5.97 Å². The van der Waals surface area contributed by atoms with Gasteiger partial charge in [-0.15, -0.1) is 0 Å². The van der Waals surface area contributed by atoms with Crippen molar-refractivity contribution in [1.29, 1.82) is 0 Å². The number of aryl methyl sites for hydroxylation is 1. The Labute approximate surface area is 99.0 Å². The lowest BCUT2D eigenvalue weighted by molar-refractivity contribution is 0.0587. The molecule has 1 heterocycles. The van der Waals surface area contributed by atoms with E-state index in [2.05, 4.69) is 9.72 Å². The molecule has 0 amide bonds. The second-order valence-electron chi connectivity index (χ2n) is 2.77. The number of halogens is 3. The number of hydrogen-bond donors (Lipinski definition) is 0. The van der Waals surface area contributed by atoms with Crippen molar-refractivity contribution in [3.63, 3.8) is 0 Å². The van der Waals surface area contributed by atoms with Gasteiger partial charge in [-0.2, -0.15) is 0 Å². The molecule has 1 aromatic rings. The molecule has 0 unspecified atom stereocenters. The molecule has 15 heavy (non-hydrogen) atoms. The highest BCUT2D eigenvalue weighted by Crippen LogP contribution is 2.29. The van der Waals surface area contributed by atoms with E-state index in [1.165, 1.54) is 13.1 Å². The van der Waals surface area contributed by atoms with Gasteiger partial charge in [0.1, 0.15) is 0 Å². The van der Waals surface area contributed by atoms with Crippen LogP contribution < -0.4 is 0 Å². The molecule has 6 heteroatoms. The maximum atomic E-state index is 12.7. The number of nitrogens with zero attached hydrogens (tertiary/aromatic N) is 1. The van der Waals surface area contributed by atoms with Crippen LogP contribution in [0.5, 0.6) is 0 Å². The number of carbonyl (C=O) groups is 1. The first-order valence-electron chi connectivity index (χ1n) is 4.00. The van der Waals surface area contributed by atoms with Gasteiger partial charge in [0, 0.05) is 15.3 Å². The number of rotatable bonds is 2. The van der Waals surface area contributed by atoms with Gasteiger partial charge in [-0.25, -0.2) is 13.6 Å². The first-order chi connectivity index (χ1) is 6.99. The maximum absolute atomic E-state index is 12.7. The summed E-state index contributed by atoms with van der Waals surface area (Å²) in [6.45, 7) is 1.49. The summed E-state index contributed by atoms with van der Waals surface area (Å²) in [4.78, 5) is 15.2. The van der Waals surface area contributed by atoms with Crippen LogP contribution in [0, 0.1) is 10.5 Å². The van der Waals surface area contributed by atoms with Gasteiger partial charge in [-0.3, -0.25) is 4.98 Å². The molecule has 82 valence electrons. The molecule has 1 aromatic heterocycles. The standard InChI is InChI=1S/C9H8F2INO2/c1-4-6(9(14)15-2)7(8(10)11)5(12)3-13-4/h3,8H,1-2H3. The van der Waals surface area contributed by atoms with Gasteiger partial charge in [0.15, 0.2) is 0 Å². The van der Waals surface area contributed by atoms with Gasteiger partial charge in [-0.1, -0.05) is 0 Å².